The molecule has 0 radical (unpaired) electrons. The maximum absolute atomic E-state index is 10.3. The highest BCUT2D eigenvalue weighted by atomic mass is 79.9. The Morgan fingerprint density at radius 2 is 1.90 bits per heavy atom. The van der Waals surface area contributed by atoms with Crippen molar-refractivity contribution in [3.05, 3.63) is 61.5 Å². The molecule has 1 aliphatic rings. The van der Waals surface area contributed by atoms with E-state index in [0.717, 1.165) is 20.1 Å². The van der Waals surface area contributed by atoms with Gasteiger partial charge in [0.15, 0.2) is 0 Å². The summed E-state index contributed by atoms with van der Waals surface area (Å²) in [6.07, 6.45) is -0.213. The van der Waals surface area contributed by atoms with Crippen LogP contribution in [0.15, 0.2) is 45.3 Å². The number of halogens is 3. The molecule has 2 nitrogen and oxygen atoms in total. The lowest BCUT2D eigenvalue weighted by Crippen LogP contribution is -2.19. The Kier molecular flexibility index (Phi) is 4.09. The number of hydrogen-bond donors (Lipinski definition) is 1. The molecule has 0 spiro atoms. The van der Waals surface area contributed by atoms with E-state index < -0.39 is 6.10 Å². The first-order chi connectivity index (χ1) is 9.54. The van der Waals surface area contributed by atoms with E-state index in [9.17, 15) is 5.11 Å². The molecular weight excluding hydrogens is 407 g/mol. The Morgan fingerprint density at radius 1 is 1.10 bits per heavy atom. The highest BCUT2D eigenvalue weighted by Crippen LogP contribution is 2.42. The third-order valence-corrected chi connectivity index (χ3v) is 5.47. The van der Waals surface area contributed by atoms with Crippen molar-refractivity contribution in [1.82, 2.24) is 0 Å². The average molecular weight is 419 g/mol. The van der Waals surface area contributed by atoms with Crippen molar-refractivity contribution in [2.45, 2.75) is 18.6 Å². The largest absolute Gasteiger partial charge is 0.485 e. The minimum absolute atomic E-state index is 0.164. The molecule has 0 amide bonds. The smallest absolute Gasteiger partial charge is 0.127 e. The summed E-state index contributed by atoms with van der Waals surface area (Å²) in [5.41, 5.74) is 1.78. The summed E-state index contributed by atoms with van der Waals surface area (Å²) in [5.74, 6) is 0.692. The second kappa shape index (κ2) is 5.68. The van der Waals surface area contributed by atoms with Crippen LogP contribution < -0.4 is 4.74 Å². The van der Waals surface area contributed by atoms with Gasteiger partial charge in [0.2, 0.25) is 0 Å². The van der Waals surface area contributed by atoms with E-state index in [0.29, 0.717) is 17.2 Å². The maximum atomic E-state index is 10.3. The highest BCUT2D eigenvalue weighted by molar-refractivity contribution is 9.13. The predicted molar refractivity (Wildman–Crippen MR) is 86.2 cm³/mol. The monoisotopic (exact) mass is 416 g/mol. The topological polar surface area (TPSA) is 29.5 Å². The molecule has 0 fully saturated rings. The van der Waals surface area contributed by atoms with Crippen LogP contribution in [-0.2, 0) is 0 Å². The van der Waals surface area contributed by atoms with Gasteiger partial charge in [-0.05, 0) is 67.8 Å². The summed E-state index contributed by atoms with van der Waals surface area (Å²) < 4.78 is 7.94. The van der Waals surface area contributed by atoms with E-state index in [2.05, 4.69) is 31.9 Å². The molecule has 2 aromatic rings. The van der Waals surface area contributed by atoms with E-state index in [1.165, 1.54) is 0 Å². The Hall–Kier alpha value is -0.550. The molecule has 20 heavy (non-hydrogen) atoms. The molecule has 1 heterocycles. The fourth-order valence-corrected chi connectivity index (χ4v) is 3.16. The van der Waals surface area contributed by atoms with Crippen LogP contribution in [0.1, 0.15) is 29.8 Å². The standard InChI is InChI=1S/C15H11Br2ClO2/c16-11-3-1-8(5-12(11)17)15-7-13(19)10-6-9(18)2-4-14(10)20-15/h1-6,13,15,19H,7H2/t13-,15?/m0/s1. The van der Waals surface area contributed by atoms with Gasteiger partial charge in [0.1, 0.15) is 11.9 Å². The molecule has 0 aliphatic carbocycles. The van der Waals surface area contributed by atoms with Crippen molar-refractivity contribution in [3.8, 4) is 5.75 Å². The number of ether oxygens (including phenoxy) is 1. The number of hydrogen-bond acceptors (Lipinski definition) is 2. The quantitative estimate of drug-likeness (QED) is 0.670. The van der Waals surface area contributed by atoms with E-state index in [4.69, 9.17) is 16.3 Å². The fraction of sp³-hybridized carbons (Fsp3) is 0.200. The van der Waals surface area contributed by atoms with Crippen LogP contribution in [0, 0.1) is 0 Å². The molecule has 5 heteroatoms. The summed E-state index contributed by atoms with van der Waals surface area (Å²) in [6, 6.07) is 11.3. The number of aliphatic hydroxyl groups excluding tert-OH is 1. The van der Waals surface area contributed by atoms with Crippen LogP contribution in [0.2, 0.25) is 5.02 Å². The number of rotatable bonds is 1. The van der Waals surface area contributed by atoms with Gasteiger partial charge in [-0.2, -0.15) is 0 Å². The molecule has 2 aromatic carbocycles. The molecule has 3 rings (SSSR count). The zero-order valence-electron chi connectivity index (χ0n) is 10.3. The number of fused-ring (bicyclic) bond motifs is 1. The van der Waals surface area contributed by atoms with Gasteiger partial charge >= 0.3 is 0 Å². The Morgan fingerprint density at radius 3 is 2.65 bits per heavy atom. The van der Waals surface area contributed by atoms with Crippen LogP contribution in [0.5, 0.6) is 5.75 Å². The lowest BCUT2D eigenvalue weighted by atomic mass is 9.95. The molecule has 0 saturated carbocycles. The molecule has 0 saturated heterocycles. The molecular formula is C15H11Br2ClO2. The maximum Gasteiger partial charge on any atom is 0.127 e. The third kappa shape index (κ3) is 2.75. The van der Waals surface area contributed by atoms with Gasteiger partial charge in [0, 0.05) is 26.0 Å². The van der Waals surface area contributed by atoms with Crippen LogP contribution in [0.4, 0.5) is 0 Å². The van der Waals surface area contributed by atoms with Crippen LogP contribution in [-0.4, -0.2) is 5.11 Å². The Balaban J connectivity index is 1.94. The molecule has 1 N–H and O–H groups in total. The van der Waals surface area contributed by atoms with Crippen LogP contribution in [0.3, 0.4) is 0 Å². The van der Waals surface area contributed by atoms with Crippen molar-refractivity contribution < 1.29 is 9.84 Å². The first-order valence-electron chi connectivity index (χ1n) is 6.13. The van der Waals surface area contributed by atoms with Gasteiger partial charge < -0.3 is 9.84 Å². The normalized spacial score (nSPS) is 21.2. The van der Waals surface area contributed by atoms with E-state index in [1.54, 1.807) is 18.2 Å². The summed E-state index contributed by atoms with van der Waals surface area (Å²) in [4.78, 5) is 0. The van der Waals surface area contributed by atoms with E-state index in [-0.39, 0.29) is 6.10 Å². The lowest BCUT2D eigenvalue weighted by Gasteiger charge is -2.30. The SMILES string of the molecule is O[C@H]1CC(c2ccc(Br)c(Br)c2)Oc2ccc(Cl)cc21. The van der Waals surface area contributed by atoms with Gasteiger partial charge in [-0.15, -0.1) is 0 Å². The third-order valence-electron chi connectivity index (χ3n) is 3.35. The molecule has 1 aliphatic heterocycles. The molecule has 0 bridgehead atoms. The minimum Gasteiger partial charge on any atom is -0.485 e. The van der Waals surface area contributed by atoms with Crippen LogP contribution in [0.25, 0.3) is 0 Å². The molecule has 0 aromatic heterocycles. The van der Waals surface area contributed by atoms with Crippen molar-refractivity contribution in [1.29, 1.82) is 0 Å². The summed E-state index contributed by atoms with van der Waals surface area (Å²) >= 11 is 12.9. The highest BCUT2D eigenvalue weighted by Gasteiger charge is 2.28. The molecule has 104 valence electrons. The summed E-state index contributed by atoms with van der Waals surface area (Å²) in [6.45, 7) is 0. The molecule has 1 unspecified atom stereocenters. The Labute approximate surface area is 139 Å². The zero-order chi connectivity index (χ0) is 14.3. The van der Waals surface area contributed by atoms with Gasteiger partial charge in [0.05, 0.1) is 6.10 Å². The second-order valence-corrected chi connectivity index (χ2v) is 6.86. The van der Waals surface area contributed by atoms with Gasteiger partial charge in [-0.3, -0.25) is 0 Å². The Bertz CT molecular complexity index is 660. The van der Waals surface area contributed by atoms with E-state index in [1.807, 2.05) is 18.2 Å². The zero-order valence-corrected chi connectivity index (χ0v) is 14.2. The van der Waals surface area contributed by atoms with Crippen LogP contribution >= 0.6 is 43.5 Å². The fourth-order valence-electron chi connectivity index (χ4n) is 2.33. The van der Waals surface area contributed by atoms with Crippen molar-refractivity contribution in [2.75, 3.05) is 0 Å². The van der Waals surface area contributed by atoms with Gasteiger partial charge in [0.25, 0.3) is 0 Å². The summed E-state index contributed by atoms with van der Waals surface area (Å²) in [5, 5.41) is 10.9. The summed E-state index contributed by atoms with van der Waals surface area (Å²) in [7, 11) is 0. The first-order valence-corrected chi connectivity index (χ1v) is 8.10. The first kappa shape index (κ1) is 14.4. The average Bonchev–Trinajstić information content (AvgIpc) is 2.42. The van der Waals surface area contributed by atoms with Crippen molar-refractivity contribution in [3.63, 3.8) is 0 Å². The second-order valence-electron chi connectivity index (χ2n) is 4.71. The number of aliphatic hydroxyl groups is 1. The lowest BCUT2D eigenvalue weighted by molar-refractivity contribution is 0.0657. The number of benzene rings is 2. The van der Waals surface area contributed by atoms with Gasteiger partial charge in [-0.25, -0.2) is 0 Å². The van der Waals surface area contributed by atoms with E-state index >= 15 is 0 Å². The van der Waals surface area contributed by atoms with Gasteiger partial charge in [-0.1, -0.05) is 17.7 Å². The molecule has 2 atom stereocenters. The minimum atomic E-state index is -0.565. The predicted octanol–water partition coefficient (Wildman–Crippen LogP) is 5.42. The van der Waals surface area contributed by atoms with Crippen molar-refractivity contribution in [2.24, 2.45) is 0 Å². The van der Waals surface area contributed by atoms with Crippen molar-refractivity contribution >= 4 is 43.5 Å².